The van der Waals surface area contributed by atoms with Gasteiger partial charge in [0.2, 0.25) is 10.0 Å². The molecule has 116 valence electrons. The number of anilines is 1. The molecule has 2 N–H and O–H groups in total. The largest absolute Gasteiger partial charge is 0.370 e. The first-order valence-electron chi connectivity index (χ1n) is 7.75. The fraction of sp³-hybridized carbons (Fsp3) is 0.667. The minimum Gasteiger partial charge on any atom is -0.370 e. The average Bonchev–Trinajstić information content (AvgIpc) is 3.36. The molecular weight excluding hydrogens is 286 g/mol. The van der Waals surface area contributed by atoms with Crippen LogP contribution in [0.1, 0.15) is 39.0 Å². The maximum absolute atomic E-state index is 12.3. The topological polar surface area (TPSA) is 71.1 Å². The molecule has 1 aromatic rings. The van der Waals surface area contributed by atoms with Crippen molar-refractivity contribution in [3.8, 4) is 0 Å². The molecule has 2 aliphatic rings. The summed E-state index contributed by atoms with van der Waals surface area (Å²) in [5, 5.41) is 3.14. The molecule has 6 heteroatoms. The van der Waals surface area contributed by atoms with Crippen molar-refractivity contribution in [1.82, 2.24) is 9.71 Å². The molecule has 2 saturated carbocycles. The summed E-state index contributed by atoms with van der Waals surface area (Å²) in [6.45, 7) is 3.49. The third-order valence-corrected chi connectivity index (χ3v) is 5.94. The zero-order valence-corrected chi connectivity index (χ0v) is 13.2. The van der Waals surface area contributed by atoms with Crippen molar-refractivity contribution >= 4 is 15.8 Å². The van der Waals surface area contributed by atoms with Crippen molar-refractivity contribution in [2.24, 2.45) is 11.3 Å². The number of pyridine rings is 1. The third kappa shape index (κ3) is 3.37. The van der Waals surface area contributed by atoms with Gasteiger partial charge in [-0.15, -0.1) is 0 Å². The molecule has 0 radical (unpaired) electrons. The second kappa shape index (κ2) is 5.57. The van der Waals surface area contributed by atoms with Crippen LogP contribution in [0.2, 0.25) is 0 Å². The van der Waals surface area contributed by atoms with Gasteiger partial charge in [0.25, 0.3) is 0 Å². The highest BCUT2D eigenvalue weighted by molar-refractivity contribution is 7.89. The second-order valence-electron chi connectivity index (χ2n) is 6.27. The molecule has 0 spiro atoms. The number of sulfonamides is 1. The smallest absolute Gasteiger partial charge is 0.242 e. The van der Waals surface area contributed by atoms with Gasteiger partial charge in [0, 0.05) is 19.3 Å². The molecule has 0 aliphatic heterocycles. The van der Waals surface area contributed by atoms with Gasteiger partial charge in [-0.3, -0.25) is 0 Å². The highest BCUT2D eigenvalue weighted by atomic mass is 32.2. The number of nitrogens with one attached hydrogen (secondary N) is 2. The monoisotopic (exact) mass is 309 g/mol. The lowest BCUT2D eigenvalue weighted by Gasteiger charge is -2.15. The van der Waals surface area contributed by atoms with Crippen LogP contribution in [0.5, 0.6) is 0 Å². The van der Waals surface area contributed by atoms with E-state index in [0.717, 1.165) is 31.7 Å². The van der Waals surface area contributed by atoms with E-state index in [1.165, 1.54) is 19.0 Å². The van der Waals surface area contributed by atoms with Gasteiger partial charge in [0.15, 0.2) is 0 Å². The summed E-state index contributed by atoms with van der Waals surface area (Å²) >= 11 is 0. The Morgan fingerprint density at radius 2 is 2.10 bits per heavy atom. The first-order valence-corrected chi connectivity index (χ1v) is 9.24. The van der Waals surface area contributed by atoms with E-state index in [1.54, 1.807) is 12.1 Å². The van der Waals surface area contributed by atoms with Gasteiger partial charge in [-0.2, -0.15) is 0 Å². The van der Waals surface area contributed by atoms with Crippen LogP contribution >= 0.6 is 0 Å². The van der Waals surface area contributed by atoms with E-state index in [-0.39, 0.29) is 10.3 Å². The van der Waals surface area contributed by atoms with Crippen molar-refractivity contribution < 1.29 is 8.42 Å². The van der Waals surface area contributed by atoms with E-state index < -0.39 is 10.0 Å². The fourth-order valence-electron chi connectivity index (χ4n) is 2.80. The predicted molar refractivity (Wildman–Crippen MR) is 82.6 cm³/mol. The van der Waals surface area contributed by atoms with Gasteiger partial charge >= 0.3 is 0 Å². The summed E-state index contributed by atoms with van der Waals surface area (Å²) in [5.41, 5.74) is 0.267. The maximum atomic E-state index is 12.3. The predicted octanol–water partition coefficient (Wildman–Crippen LogP) is 2.37. The molecule has 21 heavy (non-hydrogen) atoms. The molecule has 1 aromatic heterocycles. The van der Waals surface area contributed by atoms with Crippen LogP contribution in [-0.4, -0.2) is 26.5 Å². The van der Waals surface area contributed by atoms with E-state index in [0.29, 0.717) is 12.4 Å². The molecule has 3 rings (SSSR count). The average molecular weight is 309 g/mol. The molecule has 0 bridgehead atoms. The Morgan fingerprint density at radius 1 is 1.33 bits per heavy atom. The molecular formula is C15H23N3O2S. The minimum absolute atomic E-state index is 0.246. The summed E-state index contributed by atoms with van der Waals surface area (Å²) in [5.74, 6) is 1.46. The van der Waals surface area contributed by atoms with Gasteiger partial charge in [-0.25, -0.2) is 18.1 Å². The standard InChI is InChI=1S/C15H23N3O2S/c1-2-9-16-14-6-5-13(10-17-14)21(19,20)18-11-15(7-8-15)12-3-4-12/h5-6,10,12,18H,2-4,7-9,11H2,1H3,(H,16,17). The Labute approximate surface area is 126 Å². The van der Waals surface area contributed by atoms with Crippen LogP contribution < -0.4 is 10.0 Å². The van der Waals surface area contributed by atoms with Crippen LogP contribution in [0, 0.1) is 11.3 Å². The summed E-state index contributed by atoms with van der Waals surface area (Å²) in [6, 6.07) is 3.34. The van der Waals surface area contributed by atoms with Crippen LogP contribution in [0.15, 0.2) is 23.2 Å². The Kier molecular flexibility index (Phi) is 3.92. The molecule has 2 aliphatic carbocycles. The molecule has 5 nitrogen and oxygen atoms in total. The quantitative estimate of drug-likeness (QED) is 0.773. The lowest BCUT2D eigenvalue weighted by atomic mass is 10.0. The van der Waals surface area contributed by atoms with E-state index >= 15 is 0 Å². The van der Waals surface area contributed by atoms with Gasteiger partial charge in [0.05, 0.1) is 0 Å². The molecule has 0 amide bonds. The Bertz CT molecular complexity index is 590. The zero-order valence-electron chi connectivity index (χ0n) is 12.4. The Balaban J connectivity index is 1.61. The summed E-state index contributed by atoms with van der Waals surface area (Å²) in [4.78, 5) is 4.41. The normalized spacial score (nSPS) is 20.2. The van der Waals surface area contributed by atoms with Crippen molar-refractivity contribution in [3.63, 3.8) is 0 Å². The van der Waals surface area contributed by atoms with E-state index in [9.17, 15) is 8.42 Å². The molecule has 0 unspecified atom stereocenters. The van der Waals surface area contributed by atoms with E-state index in [2.05, 4.69) is 21.9 Å². The van der Waals surface area contributed by atoms with Crippen LogP contribution in [-0.2, 0) is 10.0 Å². The highest BCUT2D eigenvalue weighted by Crippen LogP contribution is 2.60. The first-order chi connectivity index (χ1) is 10.1. The van der Waals surface area contributed by atoms with Crippen molar-refractivity contribution in [2.45, 2.75) is 43.9 Å². The molecule has 0 atom stereocenters. The van der Waals surface area contributed by atoms with Crippen LogP contribution in [0.3, 0.4) is 0 Å². The fourth-order valence-corrected chi connectivity index (χ4v) is 3.89. The Morgan fingerprint density at radius 3 is 2.62 bits per heavy atom. The van der Waals surface area contributed by atoms with Crippen molar-refractivity contribution in [2.75, 3.05) is 18.4 Å². The van der Waals surface area contributed by atoms with Crippen molar-refractivity contribution in [1.29, 1.82) is 0 Å². The van der Waals surface area contributed by atoms with Gasteiger partial charge < -0.3 is 5.32 Å². The van der Waals surface area contributed by atoms with Gasteiger partial charge in [0.1, 0.15) is 10.7 Å². The minimum atomic E-state index is -3.44. The summed E-state index contributed by atoms with van der Waals surface area (Å²) in [6.07, 6.45) is 7.29. The van der Waals surface area contributed by atoms with E-state index in [1.807, 2.05) is 0 Å². The summed E-state index contributed by atoms with van der Waals surface area (Å²) < 4.78 is 27.4. The Hall–Kier alpha value is -1.14. The van der Waals surface area contributed by atoms with Gasteiger partial charge in [-0.1, -0.05) is 6.92 Å². The number of hydrogen-bond acceptors (Lipinski definition) is 4. The van der Waals surface area contributed by atoms with Crippen molar-refractivity contribution in [3.05, 3.63) is 18.3 Å². The molecule has 2 fully saturated rings. The summed E-state index contributed by atoms with van der Waals surface area (Å²) in [7, 11) is -3.44. The third-order valence-electron chi connectivity index (χ3n) is 4.55. The SMILES string of the molecule is CCCNc1ccc(S(=O)(=O)NCC2(C3CC3)CC2)cn1. The van der Waals surface area contributed by atoms with Crippen LogP contribution in [0.25, 0.3) is 0 Å². The van der Waals surface area contributed by atoms with E-state index in [4.69, 9.17) is 0 Å². The lowest BCUT2D eigenvalue weighted by molar-refractivity contribution is 0.432. The molecule has 0 saturated heterocycles. The van der Waals surface area contributed by atoms with Crippen LogP contribution in [0.4, 0.5) is 5.82 Å². The maximum Gasteiger partial charge on any atom is 0.242 e. The lowest BCUT2D eigenvalue weighted by Crippen LogP contribution is -2.31. The highest BCUT2D eigenvalue weighted by Gasteiger charge is 2.53. The molecule has 0 aromatic carbocycles. The first kappa shape index (κ1) is 14.8. The number of hydrogen-bond donors (Lipinski definition) is 2. The number of aromatic nitrogens is 1. The van der Waals surface area contributed by atoms with Gasteiger partial charge in [-0.05, 0) is 55.6 Å². The number of rotatable bonds is 8. The molecule has 1 heterocycles. The number of nitrogens with zero attached hydrogens (tertiary/aromatic N) is 1. The zero-order chi connectivity index (χ0) is 14.9. The second-order valence-corrected chi connectivity index (χ2v) is 8.03.